The number of anilines is 1. The summed E-state index contributed by atoms with van der Waals surface area (Å²) in [6, 6.07) is 14.0. The monoisotopic (exact) mass is 332 g/mol. The molecule has 4 heteroatoms. The van der Waals surface area contributed by atoms with Gasteiger partial charge < -0.3 is 4.74 Å². The van der Waals surface area contributed by atoms with Crippen molar-refractivity contribution in [2.75, 3.05) is 12.5 Å². The van der Waals surface area contributed by atoms with Crippen LogP contribution in [0.5, 0.6) is 5.75 Å². The molecule has 2 aromatic carbocycles. The van der Waals surface area contributed by atoms with Crippen molar-refractivity contribution >= 4 is 27.3 Å². The molecule has 0 saturated carbocycles. The Morgan fingerprint density at radius 1 is 1.20 bits per heavy atom. The van der Waals surface area contributed by atoms with E-state index in [1.807, 2.05) is 43.3 Å². The lowest BCUT2D eigenvalue weighted by Crippen LogP contribution is -2.01. The van der Waals surface area contributed by atoms with Gasteiger partial charge in [-0.15, -0.1) is 0 Å². The van der Waals surface area contributed by atoms with E-state index in [-0.39, 0.29) is 0 Å². The summed E-state index contributed by atoms with van der Waals surface area (Å²) in [4.78, 5) is 0. The number of rotatable bonds is 4. The zero-order valence-electron chi connectivity index (χ0n) is 11.8. The molecule has 104 valence electrons. The number of hydrogen-bond donors (Lipinski definition) is 1. The Hall–Kier alpha value is -1.81. The number of benzene rings is 2. The van der Waals surface area contributed by atoms with Crippen molar-refractivity contribution in [2.45, 2.75) is 13.8 Å². The van der Waals surface area contributed by atoms with Crippen LogP contribution in [0.15, 0.2) is 52.0 Å². The number of ether oxygens (including phenoxy) is 1. The number of aryl methyl sites for hydroxylation is 1. The maximum atomic E-state index is 5.22. The number of halogens is 1. The van der Waals surface area contributed by atoms with E-state index in [4.69, 9.17) is 4.74 Å². The summed E-state index contributed by atoms with van der Waals surface area (Å²) in [5.74, 6) is 0.813. The fourth-order valence-electron chi connectivity index (χ4n) is 1.80. The summed E-state index contributed by atoms with van der Waals surface area (Å²) >= 11 is 3.48. The Morgan fingerprint density at radius 2 is 1.95 bits per heavy atom. The smallest absolute Gasteiger partial charge is 0.133 e. The minimum Gasteiger partial charge on any atom is -0.496 e. The second-order valence-corrected chi connectivity index (χ2v) is 5.33. The molecule has 0 fully saturated rings. The first-order valence-electron chi connectivity index (χ1n) is 6.31. The van der Waals surface area contributed by atoms with Gasteiger partial charge in [-0.2, -0.15) is 5.10 Å². The summed E-state index contributed by atoms with van der Waals surface area (Å²) in [5.41, 5.74) is 7.23. The Labute approximate surface area is 127 Å². The molecule has 0 aliphatic carbocycles. The Kier molecular flexibility index (Phi) is 4.79. The quantitative estimate of drug-likeness (QED) is 0.655. The molecule has 0 aliphatic rings. The Bertz CT molecular complexity index is 638. The summed E-state index contributed by atoms with van der Waals surface area (Å²) < 4.78 is 6.14. The third-order valence-corrected chi connectivity index (χ3v) is 3.68. The van der Waals surface area contributed by atoms with E-state index in [0.717, 1.165) is 27.2 Å². The van der Waals surface area contributed by atoms with Gasteiger partial charge in [0.05, 0.1) is 23.0 Å². The molecule has 0 spiro atoms. The van der Waals surface area contributed by atoms with Crippen LogP contribution in [0.2, 0.25) is 0 Å². The van der Waals surface area contributed by atoms with E-state index in [9.17, 15) is 0 Å². The first kappa shape index (κ1) is 14.6. The lowest BCUT2D eigenvalue weighted by atomic mass is 10.1. The van der Waals surface area contributed by atoms with Gasteiger partial charge in [-0.05, 0) is 65.2 Å². The molecule has 0 aromatic heterocycles. The Morgan fingerprint density at radius 3 is 2.60 bits per heavy atom. The van der Waals surface area contributed by atoms with Crippen molar-refractivity contribution in [3.8, 4) is 5.75 Å². The second kappa shape index (κ2) is 6.57. The van der Waals surface area contributed by atoms with Crippen molar-refractivity contribution in [3.63, 3.8) is 0 Å². The molecule has 20 heavy (non-hydrogen) atoms. The van der Waals surface area contributed by atoms with Crippen molar-refractivity contribution in [3.05, 3.63) is 58.1 Å². The molecule has 0 heterocycles. The number of hydrazone groups is 1. The third kappa shape index (κ3) is 3.39. The number of nitrogens with zero attached hydrogens (tertiary/aromatic N) is 1. The van der Waals surface area contributed by atoms with Crippen LogP contribution >= 0.6 is 15.9 Å². The fraction of sp³-hybridized carbons (Fsp3) is 0.188. The molecule has 0 unspecified atom stereocenters. The molecule has 1 N–H and O–H groups in total. The summed E-state index contributed by atoms with van der Waals surface area (Å²) in [6.07, 6.45) is 0. The van der Waals surface area contributed by atoms with Gasteiger partial charge in [-0.1, -0.05) is 18.2 Å². The Balaban J connectivity index is 2.19. The van der Waals surface area contributed by atoms with Gasteiger partial charge in [0.1, 0.15) is 5.75 Å². The number of hydrogen-bond acceptors (Lipinski definition) is 3. The summed E-state index contributed by atoms with van der Waals surface area (Å²) in [7, 11) is 1.65. The minimum atomic E-state index is 0.813. The molecule has 2 aromatic rings. The van der Waals surface area contributed by atoms with Crippen LogP contribution in [-0.2, 0) is 0 Å². The standard InChI is InChI=1S/C16H17BrN2O/c1-11-6-4-5-7-15(11)19-18-12(2)13-8-9-16(20-3)14(17)10-13/h4-10,19H,1-3H3/b18-12-. The van der Waals surface area contributed by atoms with Crippen LogP contribution in [0, 0.1) is 6.92 Å². The van der Waals surface area contributed by atoms with Crippen LogP contribution in [-0.4, -0.2) is 12.8 Å². The molecule has 0 saturated heterocycles. The topological polar surface area (TPSA) is 33.6 Å². The van der Waals surface area contributed by atoms with Gasteiger partial charge in [0.2, 0.25) is 0 Å². The molecule has 2 rings (SSSR count). The predicted octanol–water partition coefficient (Wildman–Crippen LogP) is 4.60. The van der Waals surface area contributed by atoms with Gasteiger partial charge in [0.25, 0.3) is 0 Å². The molecule has 0 aliphatic heterocycles. The highest BCUT2D eigenvalue weighted by Crippen LogP contribution is 2.25. The highest BCUT2D eigenvalue weighted by molar-refractivity contribution is 9.10. The molecule has 0 bridgehead atoms. The van der Waals surface area contributed by atoms with Crippen LogP contribution in [0.1, 0.15) is 18.1 Å². The van der Waals surface area contributed by atoms with Gasteiger partial charge in [-0.25, -0.2) is 0 Å². The van der Waals surface area contributed by atoms with E-state index in [1.54, 1.807) is 7.11 Å². The van der Waals surface area contributed by atoms with E-state index in [0.29, 0.717) is 0 Å². The average Bonchev–Trinajstić information content (AvgIpc) is 2.46. The summed E-state index contributed by atoms with van der Waals surface area (Å²) in [6.45, 7) is 4.02. The average molecular weight is 333 g/mol. The van der Waals surface area contributed by atoms with Gasteiger partial charge in [-0.3, -0.25) is 5.43 Å². The fourth-order valence-corrected chi connectivity index (χ4v) is 2.34. The molecule has 0 amide bonds. The van der Waals surface area contributed by atoms with Gasteiger partial charge in [0.15, 0.2) is 0 Å². The van der Waals surface area contributed by atoms with E-state index >= 15 is 0 Å². The normalized spacial score (nSPS) is 11.3. The van der Waals surface area contributed by atoms with E-state index in [2.05, 4.69) is 39.4 Å². The van der Waals surface area contributed by atoms with E-state index in [1.165, 1.54) is 5.56 Å². The molecular formula is C16H17BrN2O. The van der Waals surface area contributed by atoms with Crippen molar-refractivity contribution < 1.29 is 4.74 Å². The number of methoxy groups -OCH3 is 1. The second-order valence-electron chi connectivity index (χ2n) is 4.47. The highest BCUT2D eigenvalue weighted by Gasteiger charge is 2.04. The molecule has 0 radical (unpaired) electrons. The van der Waals surface area contributed by atoms with Gasteiger partial charge >= 0.3 is 0 Å². The maximum Gasteiger partial charge on any atom is 0.133 e. The number of nitrogens with one attached hydrogen (secondary N) is 1. The predicted molar refractivity (Wildman–Crippen MR) is 87.7 cm³/mol. The lowest BCUT2D eigenvalue weighted by molar-refractivity contribution is 0.412. The SMILES string of the molecule is COc1ccc(/C(C)=N\Nc2ccccc2C)cc1Br. The van der Waals surface area contributed by atoms with Gasteiger partial charge in [0, 0.05) is 0 Å². The highest BCUT2D eigenvalue weighted by atomic mass is 79.9. The van der Waals surface area contributed by atoms with Crippen LogP contribution < -0.4 is 10.2 Å². The molecular weight excluding hydrogens is 316 g/mol. The number of para-hydroxylation sites is 1. The van der Waals surface area contributed by atoms with Crippen LogP contribution in [0.4, 0.5) is 5.69 Å². The molecule has 3 nitrogen and oxygen atoms in total. The first-order valence-corrected chi connectivity index (χ1v) is 7.11. The van der Waals surface area contributed by atoms with Crippen molar-refractivity contribution in [1.29, 1.82) is 0 Å². The van der Waals surface area contributed by atoms with Crippen molar-refractivity contribution in [2.24, 2.45) is 5.10 Å². The zero-order chi connectivity index (χ0) is 14.5. The maximum absolute atomic E-state index is 5.22. The largest absolute Gasteiger partial charge is 0.496 e. The van der Waals surface area contributed by atoms with E-state index < -0.39 is 0 Å². The van der Waals surface area contributed by atoms with Crippen molar-refractivity contribution in [1.82, 2.24) is 0 Å². The first-order chi connectivity index (χ1) is 9.61. The zero-order valence-corrected chi connectivity index (χ0v) is 13.4. The van der Waals surface area contributed by atoms with Crippen LogP contribution in [0.3, 0.4) is 0 Å². The lowest BCUT2D eigenvalue weighted by Gasteiger charge is -2.08. The summed E-state index contributed by atoms with van der Waals surface area (Å²) in [5, 5.41) is 4.43. The molecule has 0 atom stereocenters. The minimum absolute atomic E-state index is 0.813. The van der Waals surface area contributed by atoms with Crippen LogP contribution in [0.25, 0.3) is 0 Å². The third-order valence-electron chi connectivity index (χ3n) is 3.06.